The van der Waals surface area contributed by atoms with Crippen molar-refractivity contribution in [2.24, 2.45) is 5.92 Å². The SMILES string of the molecule is CCOc1ccc2nc(NC(=O)C3CCCN(c4cc5c(nn4)CCC5)C3)sc2c1. The number of aromatic nitrogens is 3. The second kappa shape index (κ2) is 8.18. The highest BCUT2D eigenvalue weighted by Gasteiger charge is 2.28. The molecular formula is C22H25N5O2S. The van der Waals surface area contributed by atoms with E-state index in [0.717, 1.165) is 66.1 Å². The standard InChI is InChI=1S/C22H25N5O2S/c1-2-29-16-8-9-18-19(12-16)30-22(23-18)24-21(28)15-6-4-10-27(13-15)20-11-14-5-3-7-17(14)25-26-20/h8-9,11-12,15H,2-7,10,13H2,1H3,(H,23,24,28). The van der Waals surface area contributed by atoms with Crippen molar-refractivity contribution >= 4 is 38.4 Å². The van der Waals surface area contributed by atoms with E-state index in [0.29, 0.717) is 18.3 Å². The number of ether oxygens (including phenoxy) is 1. The smallest absolute Gasteiger partial charge is 0.231 e. The number of hydrogen-bond acceptors (Lipinski definition) is 7. The molecule has 1 aromatic carbocycles. The molecule has 1 saturated heterocycles. The Bertz CT molecular complexity index is 1080. The maximum atomic E-state index is 12.9. The van der Waals surface area contributed by atoms with Gasteiger partial charge in [-0.25, -0.2) is 4.98 Å². The first-order valence-electron chi connectivity index (χ1n) is 10.6. The summed E-state index contributed by atoms with van der Waals surface area (Å²) in [5, 5.41) is 12.5. The topological polar surface area (TPSA) is 80.2 Å². The fourth-order valence-electron chi connectivity index (χ4n) is 4.29. The van der Waals surface area contributed by atoms with Crippen LogP contribution < -0.4 is 15.0 Å². The fraction of sp³-hybridized carbons (Fsp3) is 0.455. The molecule has 1 unspecified atom stereocenters. The monoisotopic (exact) mass is 423 g/mol. The van der Waals surface area contributed by atoms with Crippen molar-refractivity contribution in [3.05, 3.63) is 35.5 Å². The number of carbonyl (C=O) groups is 1. The molecule has 1 N–H and O–H groups in total. The van der Waals surface area contributed by atoms with Gasteiger partial charge in [0.2, 0.25) is 5.91 Å². The maximum Gasteiger partial charge on any atom is 0.231 e. The highest BCUT2D eigenvalue weighted by Crippen LogP contribution is 2.31. The van der Waals surface area contributed by atoms with E-state index in [9.17, 15) is 4.79 Å². The number of nitrogens with one attached hydrogen (secondary N) is 1. The van der Waals surface area contributed by atoms with Gasteiger partial charge in [0, 0.05) is 13.1 Å². The van der Waals surface area contributed by atoms with Gasteiger partial charge in [0.25, 0.3) is 0 Å². The maximum absolute atomic E-state index is 12.9. The summed E-state index contributed by atoms with van der Waals surface area (Å²) >= 11 is 1.48. The van der Waals surface area contributed by atoms with Crippen LogP contribution in [0.2, 0.25) is 0 Å². The lowest BCUT2D eigenvalue weighted by atomic mass is 9.97. The van der Waals surface area contributed by atoms with Crippen LogP contribution in [0.15, 0.2) is 24.3 Å². The lowest BCUT2D eigenvalue weighted by Gasteiger charge is -2.32. The van der Waals surface area contributed by atoms with Crippen molar-refractivity contribution < 1.29 is 9.53 Å². The molecule has 8 heteroatoms. The largest absolute Gasteiger partial charge is 0.494 e. The van der Waals surface area contributed by atoms with Gasteiger partial charge >= 0.3 is 0 Å². The minimum absolute atomic E-state index is 0.0258. The first-order chi connectivity index (χ1) is 14.7. The molecule has 3 heterocycles. The molecule has 1 aliphatic heterocycles. The third-order valence-corrected chi connectivity index (χ3v) is 6.76. The van der Waals surface area contributed by atoms with Crippen LogP contribution in [0.4, 0.5) is 10.9 Å². The number of piperidine rings is 1. The number of hydrogen-bond donors (Lipinski definition) is 1. The summed E-state index contributed by atoms with van der Waals surface area (Å²) in [5.74, 6) is 1.67. The zero-order valence-electron chi connectivity index (χ0n) is 17.1. The molecule has 30 heavy (non-hydrogen) atoms. The predicted molar refractivity (Wildman–Crippen MR) is 118 cm³/mol. The van der Waals surface area contributed by atoms with Gasteiger partial charge in [-0.05, 0) is 68.9 Å². The first-order valence-corrected chi connectivity index (χ1v) is 11.5. The highest BCUT2D eigenvalue weighted by molar-refractivity contribution is 7.22. The number of nitrogens with zero attached hydrogens (tertiary/aromatic N) is 4. The van der Waals surface area contributed by atoms with E-state index in [1.54, 1.807) is 0 Å². The molecule has 3 aromatic rings. The summed E-state index contributed by atoms with van der Waals surface area (Å²) in [6.07, 6.45) is 5.11. The molecule has 1 amide bonds. The molecule has 1 aliphatic carbocycles. The van der Waals surface area contributed by atoms with Crippen LogP contribution in [0.25, 0.3) is 10.2 Å². The summed E-state index contributed by atoms with van der Waals surface area (Å²) in [5.41, 5.74) is 3.32. The molecule has 2 aliphatic rings. The van der Waals surface area contributed by atoms with Crippen LogP contribution in [-0.2, 0) is 17.6 Å². The summed E-state index contributed by atoms with van der Waals surface area (Å²) < 4.78 is 6.57. The van der Waals surface area contributed by atoms with Gasteiger partial charge in [-0.1, -0.05) is 11.3 Å². The number of thiazole rings is 1. The number of benzene rings is 1. The van der Waals surface area contributed by atoms with Crippen LogP contribution in [0.1, 0.15) is 37.4 Å². The van der Waals surface area contributed by atoms with Crippen molar-refractivity contribution in [1.29, 1.82) is 0 Å². The lowest BCUT2D eigenvalue weighted by molar-refractivity contribution is -0.120. The summed E-state index contributed by atoms with van der Waals surface area (Å²) in [6, 6.07) is 7.98. The Labute approximate surface area is 179 Å². The third-order valence-electron chi connectivity index (χ3n) is 5.82. The number of amides is 1. The first kappa shape index (κ1) is 19.2. The Morgan fingerprint density at radius 2 is 2.20 bits per heavy atom. The van der Waals surface area contributed by atoms with Gasteiger partial charge < -0.3 is 15.0 Å². The second-order valence-electron chi connectivity index (χ2n) is 7.88. The van der Waals surface area contributed by atoms with Gasteiger partial charge in [-0.15, -0.1) is 5.10 Å². The van der Waals surface area contributed by atoms with Crippen LogP contribution in [0.5, 0.6) is 5.75 Å². The van der Waals surface area contributed by atoms with E-state index < -0.39 is 0 Å². The quantitative estimate of drug-likeness (QED) is 0.672. The normalized spacial score (nSPS) is 18.4. The van der Waals surface area contributed by atoms with E-state index in [2.05, 4.69) is 31.5 Å². The molecule has 1 fully saturated rings. The average Bonchev–Trinajstić information content (AvgIpc) is 3.39. The number of carbonyl (C=O) groups excluding carboxylic acids is 1. The lowest BCUT2D eigenvalue weighted by Crippen LogP contribution is -2.41. The number of fused-ring (bicyclic) bond motifs is 2. The zero-order valence-corrected chi connectivity index (χ0v) is 17.9. The van der Waals surface area contributed by atoms with E-state index in [1.165, 1.54) is 16.9 Å². The number of rotatable bonds is 5. The third kappa shape index (κ3) is 3.84. The van der Waals surface area contributed by atoms with Crippen molar-refractivity contribution in [2.45, 2.75) is 39.0 Å². The van der Waals surface area contributed by atoms with Gasteiger partial charge in [0.05, 0.1) is 28.4 Å². The van der Waals surface area contributed by atoms with Crippen molar-refractivity contribution in [1.82, 2.24) is 15.2 Å². The molecule has 0 spiro atoms. The fourth-order valence-corrected chi connectivity index (χ4v) is 5.19. The van der Waals surface area contributed by atoms with Crippen LogP contribution in [-0.4, -0.2) is 40.8 Å². The van der Waals surface area contributed by atoms with Crippen LogP contribution >= 0.6 is 11.3 Å². The molecule has 2 aromatic heterocycles. The van der Waals surface area contributed by atoms with Crippen molar-refractivity contribution in [3.8, 4) is 5.75 Å². The molecule has 7 nitrogen and oxygen atoms in total. The van der Waals surface area contributed by atoms with Gasteiger partial charge in [-0.3, -0.25) is 4.79 Å². The summed E-state index contributed by atoms with van der Waals surface area (Å²) in [4.78, 5) is 19.7. The van der Waals surface area contributed by atoms with Crippen LogP contribution in [0.3, 0.4) is 0 Å². The van der Waals surface area contributed by atoms with Gasteiger partial charge in [0.15, 0.2) is 10.9 Å². The van der Waals surface area contributed by atoms with E-state index in [4.69, 9.17) is 4.74 Å². The van der Waals surface area contributed by atoms with Gasteiger partial charge in [-0.2, -0.15) is 5.10 Å². The van der Waals surface area contributed by atoms with Crippen molar-refractivity contribution in [3.63, 3.8) is 0 Å². The molecule has 156 valence electrons. The second-order valence-corrected chi connectivity index (χ2v) is 8.91. The van der Waals surface area contributed by atoms with E-state index >= 15 is 0 Å². The molecule has 0 bridgehead atoms. The minimum atomic E-state index is -0.0835. The molecule has 5 rings (SSSR count). The Morgan fingerprint density at radius 3 is 3.10 bits per heavy atom. The van der Waals surface area contributed by atoms with Gasteiger partial charge in [0.1, 0.15) is 5.75 Å². The Hall–Kier alpha value is -2.74. The minimum Gasteiger partial charge on any atom is -0.494 e. The number of anilines is 2. The van der Waals surface area contributed by atoms with Crippen molar-refractivity contribution in [2.75, 3.05) is 29.9 Å². The Morgan fingerprint density at radius 1 is 1.27 bits per heavy atom. The highest BCUT2D eigenvalue weighted by atomic mass is 32.1. The molecule has 1 atom stereocenters. The summed E-state index contributed by atoms with van der Waals surface area (Å²) in [7, 11) is 0. The summed E-state index contributed by atoms with van der Waals surface area (Å²) in [6.45, 7) is 4.17. The predicted octanol–water partition coefficient (Wildman–Crippen LogP) is 3.83. The van der Waals surface area contributed by atoms with E-state index in [-0.39, 0.29) is 11.8 Å². The van der Waals surface area contributed by atoms with E-state index in [1.807, 2.05) is 25.1 Å². The molecular weight excluding hydrogens is 398 g/mol. The Balaban J connectivity index is 1.27. The zero-order chi connectivity index (χ0) is 20.5. The molecule has 0 radical (unpaired) electrons. The number of aryl methyl sites for hydroxylation is 2. The molecule has 0 saturated carbocycles. The average molecular weight is 424 g/mol. The Kier molecular flexibility index (Phi) is 5.25. The van der Waals surface area contributed by atoms with Crippen LogP contribution in [0, 0.1) is 5.92 Å².